The summed E-state index contributed by atoms with van der Waals surface area (Å²) in [6.45, 7) is 0.598. The Hall–Kier alpha value is -2.02. The third kappa shape index (κ3) is 4.25. The van der Waals surface area contributed by atoms with Gasteiger partial charge in [-0.05, 0) is 35.4 Å². The first-order valence-corrected chi connectivity index (χ1v) is 7.56. The van der Waals surface area contributed by atoms with Gasteiger partial charge in [-0.15, -0.1) is 0 Å². The SMILES string of the molecule is N=c1ccc(Cl)c(CC(=O)NCc2cc(Cl)ccc2CN)n1O. The minimum absolute atomic E-state index is 0.152. The van der Waals surface area contributed by atoms with Crippen LogP contribution in [-0.4, -0.2) is 15.8 Å². The molecular weight excluding hydrogens is 339 g/mol. The van der Waals surface area contributed by atoms with Crippen LogP contribution in [0.1, 0.15) is 16.8 Å². The lowest BCUT2D eigenvalue weighted by atomic mass is 10.1. The summed E-state index contributed by atoms with van der Waals surface area (Å²) in [6, 6.07) is 8.09. The van der Waals surface area contributed by atoms with E-state index in [1.54, 1.807) is 12.1 Å². The molecule has 0 atom stereocenters. The molecule has 0 aliphatic carbocycles. The summed E-state index contributed by atoms with van der Waals surface area (Å²) < 4.78 is 0.590. The molecule has 0 aliphatic rings. The average molecular weight is 355 g/mol. The summed E-state index contributed by atoms with van der Waals surface area (Å²) in [5.41, 5.74) is 7.37. The monoisotopic (exact) mass is 354 g/mol. The molecule has 0 aliphatic heterocycles. The number of halogens is 2. The first kappa shape index (κ1) is 17.3. The van der Waals surface area contributed by atoms with Crippen molar-refractivity contribution in [3.63, 3.8) is 0 Å². The molecule has 1 amide bonds. The number of hydrogen-bond acceptors (Lipinski definition) is 4. The number of benzene rings is 1. The summed E-state index contributed by atoms with van der Waals surface area (Å²) in [4.78, 5) is 12.1. The van der Waals surface area contributed by atoms with Crippen LogP contribution in [0.5, 0.6) is 0 Å². The normalized spacial score (nSPS) is 10.6. The van der Waals surface area contributed by atoms with Crippen molar-refractivity contribution in [1.82, 2.24) is 10.0 Å². The fraction of sp³-hybridized carbons (Fsp3) is 0.200. The first-order valence-electron chi connectivity index (χ1n) is 6.80. The third-order valence-corrected chi connectivity index (χ3v) is 3.92. The summed E-state index contributed by atoms with van der Waals surface area (Å²) in [6.07, 6.45) is -0.152. The number of rotatable bonds is 5. The molecule has 0 saturated heterocycles. The van der Waals surface area contributed by atoms with Crippen LogP contribution in [0, 0.1) is 5.41 Å². The zero-order valence-corrected chi connectivity index (χ0v) is 13.7. The fourth-order valence-corrected chi connectivity index (χ4v) is 2.50. The Labute approximate surface area is 142 Å². The quantitative estimate of drug-likeness (QED) is 0.615. The van der Waals surface area contributed by atoms with E-state index in [0.29, 0.717) is 16.3 Å². The minimum atomic E-state index is -0.344. The number of nitrogens with one attached hydrogen (secondary N) is 2. The molecule has 0 spiro atoms. The lowest BCUT2D eigenvalue weighted by Gasteiger charge is -2.12. The third-order valence-electron chi connectivity index (χ3n) is 3.34. The molecule has 0 bridgehead atoms. The highest BCUT2D eigenvalue weighted by Crippen LogP contribution is 2.16. The van der Waals surface area contributed by atoms with Crippen LogP contribution in [-0.2, 0) is 24.3 Å². The van der Waals surface area contributed by atoms with Gasteiger partial charge in [0.25, 0.3) is 0 Å². The summed E-state index contributed by atoms with van der Waals surface area (Å²) in [5, 5.41) is 20.8. The second kappa shape index (κ2) is 7.50. The molecule has 23 heavy (non-hydrogen) atoms. The molecule has 1 aromatic carbocycles. The van der Waals surface area contributed by atoms with Crippen molar-refractivity contribution < 1.29 is 10.0 Å². The molecule has 0 unspecified atom stereocenters. The number of amides is 1. The van der Waals surface area contributed by atoms with Gasteiger partial charge in [0.05, 0.1) is 17.1 Å². The number of aromatic nitrogens is 1. The van der Waals surface area contributed by atoms with Crippen molar-refractivity contribution in [2.75, 3.05) is 0 Å². The molecule has 6 nitrogen and oxygen atoms in total. The highest BCUT2D eigenvalue weighted by atomic mass is 35.5. The summed E-state index contributed by atoms with van der Waals surface area (Å²) >= 11 is 11.9. The number of nitrogens with zero attached hydrogens (tertiary/aromatic N) is 1. The molecule has 2 aromatic rings. The van der Waals surface area contributed by atoms with E-state index in [2.05, 4.69) is 5.32 Å². The van der Waals surface area contributed by atoms with E-state index in [1.165, 1.54) is 12.1 Å². The fourth-order valence-electron chi connectivity index (χ4n) is 2.09. The van der Waals surface area contributed by atoms with Gasteiger partial charge >= 0.3 is 0 Å². The van der Waals surface area contributed by atoms with Gasteiger partial charge in [-0.1, -0.05) is 29.3 Å². The molecule has 0 fully saturated rings. The lowest BCUT2D eigenvalue weighted by molar-refractivity contribution is -0.120. The Morgan fingerprint density at radius 3 is 2.70 bits per heavy atom. The number of carbonyl (C=O) groups is 1. The highest BCUT2D eigenvalue weighted by molar-refractivity contribution is 6.31. The van der Waals surface area contributed by atoms with Crippen molar-refractivity contribution in [3.8, 4) is 0 Å². The molecule has 1 heterocycles. The number of pyridine rings is 1. The predicted molar refractivity (Wildman–Crippen MR) is 87.4 cm³/mol. The number of nitrogens with two attached hydrogens (primary N) is 1. The van der Waals surface area contributed by atoms with Gasteiger partial charge in [0, 0.05) is 18.1 Å². The van der Waals surface area contributed by atoms with Gasteiger partial charge in [-0.2, -0.15) is 4.73 Å². The Morgan fingerprint density at radius 1 is 1.26 bits per heavy atom. The van der Waals surface area contributed by atoms with Crippen molar-refractivity contribution in [3.05, 3.63) is 62.7 Å². The van der Waals surface area contributed by atoms with E-state index < -0.39 is 0 Å². The standard InChI is InChI=1S/C15H16Cl2N4O2/c16-11-2-1-9(7-18)10(5-11)8-20-15(22)6-13-12(17)3-4-14(19)21(13)23/h1-5,19,23H,6-8,18H2,(H,20,22). The van der Waals surface area contributed by atoms with Crippen LogP contribution < -0.4 is 16.5 Å². The minimum Gasteiger partial charge on any atom is -0.427 e. The van der Waals surface area contributed by atoms with Gasteiger partial charge in [-0.3, -0.25) is 10.2 Å². The van der Waals surface area contributed by atoms with Crippen LogP contribution in [0.2, 0.25) is 10.0 Å². The molecule has 122 valence electrons. The Kier molecular flexibility index (Phi) is 5.65. The van der Waals surface area contributed by atoms with E-state index in [1.807, 2.05) is 6.07 Å². The largest absolute Gasteiger partial charge is 0.427 e. The molecule has 5 N–H and O–H groups in total. The smallest absolute Gasteiger partial charge is 0.226 e. The van der Waals surface area contributed by atoms with E-state index in [4.69, 9.17) is 34.3 Å². The molecule has 1 aromatic heterocycles. The maximum Gasteiger partial charge on any atom is 0.226 e. The van der Waals surface area contributed by atoms with E-state index in [9.17, 15) is 10.0 Å². The van der Waals surface area contributed by atoms with Gasteiger partial charge in [-0.25, -0.2) is 0 Å². The number of hydrogen-bond donors (Lipinski definition) is 4. The van der Waals surface area contributed by atoms with Crippen LogP contribution in [0.25, 0.3) is 0 Å². The van der Waals surface area contributed by atoms with Crippen molar-refractivity contribution in [2.24, 2.45) is 5.73 Å². The second-order valence-electron chi connectivity index (χ2n) is 4.90. The van der Waals surface area contributed by atoms with E-state index in [-0.39, 0.29) is 35.1 Å². The maximum atomic E-state index is 12.1. The molecule has 2 rings (SSSR count). The van der Waals surface area contributed by atoms with Crippen molar-refractivity contribution in [1.29, 1.82) is 5.41 Å². The summed E-state index contributed by atoms with van der Waals surface area (Å²) in [7, 11) is 0. The maximum absolute atomic E-state index is 12.1. The van der Waals surface area contributed by atoms with Crippen molar-refractivity contribution in [2.45, 2.75) is 19.5 Å². The zero-order chi connectivity index (χ0) is 17.0. The number of carbonyl (C=O) groups excluding carboxylic acids is 1. The topological polar surface area (TPSA) is 104 Å². The van der Waals surface area contributed by atoms with Gasteiger partial charge < -0.3 is 16.3 Å². The van der Waals surface area contributed by atoms with Gasteiger partial charge in [0.2, 0.25) is 5.91 Å². The van der Waals surface area contributed by atoms with Crippen molar-refractivity contribution >= 4 is 29.1 Å². The van der Waals surface area contributed by atoms with Gasteiger partial charge in [0.1, 0.15) is 0 Å². The van der Waals surface area contributed by atoms with Crippen LogP contribution in [0.3, 0.4) is 0 Å². The average Bonchev–Trinajstić information content (AvgIpc) is 2.53. The first-order chi connectivity index (χ1) is 10.9. The molecule has 0 saturated carbocycles. The van der Waals surface area contributed by atoms with E-state index >= 15 is 0 Å². The Bertz CT molecular complexity index is 790. The molecule has 0 radical (unpaired) electrons. The van der Waals surface area contributed by atoms with Crippen LogP contribution in [0.15, 0.2) is 30.3 Å². The highest BCUT2D eigenvalue weighted by Gasteiger charge is 2.12. The molecule has 8 heteroatoms. The van der Waals surface area contributed by atoms with Crippen LogP contribution >= 0.6 is 23.2 Å². The molecular formula is C15H16Cl2N4O2. The predicted octanol–water partition coefficient (Wildman–Crippen LogP) is 1.83. The van der Waals surface area contributed by atoms with Gasteiger partial charge in [0.15, 0.2) is 5.49 Å². The zero-order valence-electron chi connectivity index (χ0n) is 12.1. The van der Waals surface area contributed by atoms with E-state index in [0.717, 1.165) is 11.1 Å². The second-order valence-corrected chi connectivity index (χ2v) is 5.74. The Morgan fingerprint density at radius 2 is 2.00 bits per heavy atom. The summed E-state index contributed by atoms with van der Waals surface area (Å²) in [5.74, 6) is -0.344. The lowest BCUT2D eigenvalue weighted by Crippen LogP contribution is -2.29. The van der Waals surface area contributed by atoms with Crippen LogP contribution in [0.4, 0.5) is 0 Å². The Balaban J connectivity index is 2.08.